The number of ether oxygens (including phenoxy) is 1. The summed E-state index contributed by atoms with van der Waals surface area (Å²) in [6.07, 6.45) is 0.918. The van der Waals surface area contributed by atoms with Gasteiger partial charge in [0.1, 0.15) is 12.4 Å². The summed E-state index contributed by atoms with van der Waals surface area (Å²) in [7, 11) is 1.59. The number of carbonyl (C=O) groups is 1. The molecular formula is C15H18FNO3. The minimum Gasteiger partial charge on any atom is -0.384 e. The van der Waals surface area contributed by atoms with Gasteiger partial charge in [-0.15, -0.1) is 0 Å². The average molecular weight is 279 g/mol. The fourth-order valence-electron chi connectivity index (χ4n) is 1.50. The molecule has 0 aromatic heterocycles. The van der Waals surface area contributed by atoms with E-state index in [1.54, 1.807) is 13.2 Å². The minimum absolute atomic E-state index is 0.00798. The molecule has 0 radical (unpaired) electrons. The number of halogens is 1. The zero-order valence-corrected chi connectivity index (χ0v) is 11.6. The van der Waals surface area contributed by atoms with Crippen molar-refractivity contribution in [1.82, 2.24) is 0 Å². The molecule has 0 spiro atoms. The number of rotatable bonds is 5. The molecule has 0 aliphatic heterocycles. The first kappa shape index (κ1) is 16.2. The van der Waals surface area contributed by atoms with Gasteiger partial charge in [-0.1, -0.05) is 11.8 Å². The van der Waals surface area contributed by atoms with Gasteiger partial charge in [0, 0.05) is 19.2 Å². The average Bonchev–Trinajstić information content (AvgIpc) is 2.44. The molecule has 1 atom stereocenters. The molecule has 20 heavy (non-hydrogen) atoms. The molecule has 2 N–H and O–H groups in total. The van der Waals surface area contributed by atoms with Crippen LogP contribution < -0.4 is 5.32 Å². The van der Waals surface area contributed by atoms with Crippen molar-refractivity contribution in [2.45, 2.75) is 25.9 Å². The fraction of sp³-hybridized carbons (Fsp3) is 0.400. The first-order chi connectivity index (χ1) is 9.56. The van der Waals surface area contributed by atoms with E-state index in [1.807, 2.05) is 6.92 Å². The molecule has 0 fully saturated rings. The number of benzene rings is 1. The molecule has 5 heteroatoms. The lowest BCUT2D eigenvalue weighted by atomic mass is 10.1. The molecule has 1 rings (SSSR count). The quantitative estimate of drug-likeness (QED) is 0.810. The molecule has 108 valence electrons. The maximum absolute atomic E-state index is 13.6. The predicted octanol–water partition coefficient (Wildman–Crippen LogP) is 1.92. The summed E-state index contributed by atoms with van der Waals surface area (Å²) in [6.45, 7) is 1.55. The summed E-state index contributed by atoms with van der Waals surface area (Å²) in [4.78, 5) is 11.7. The van der Waals surface area contributed by atoms with E-state index in [0.717, 1.165) is 0 Å². The van der Waals surface area contributed by atoms with E-state index in [1.165, 1.54) is 12.1 Å². The van der Waals surface area contributed by atoms with Gasteiger partial charge in [-0.3, -0.25) is 4.79 Å². The molecule has 0 bridgehead atoms. The molecule has 0 saturated heterocycles. The molecule has 0 aliphatic rings. The van der Waals surface area contributed by atoms with Gasteiger partial charge < -0.3 is 15.2 Å². The summed E-state index contributed by atoms with van der Waals surface area (Å²) in [5, 5.41) is 11.2. The van der Waals surface area contributed by atoms with Crippen molar-refractivity contribution in [3.05, 3.63) is 29.6 Å². The highest BCUT2D eigenvalue weighted by molar-refractivity contribution is 5.90. The third-order valence-electron chi connectivity index (χ3n) is 2.74. The number of anilines is 1. The van der Waals surface area contributed by atoms with Crippen molar-refractivity contribution in [1.29, 1.82) is 0 Å². The van der Waals surface area contributed by atoms with Crippen LogP contribution in [0.4, 0.5) is 10.1 Å². The lowest BCUT2D eigenvalue weighted by Crippen LogP contribution is -2.15. The standard InChI is InChI=1S/C15H18FNO3/c1-11(20-2)5-8-15(19)17-13-7-6-12(4-3-9-18)14(16)10-13/h6-7,10-11,18H,5,8-9H2,1-2H3,(H,17,19). The second kappa shape index (κ2) is 8.31. The Morgan fingerprint density at radius 3 is 2.90 bits per heavy atom. The third kappa shape index (κ3) is 5.39. The number of nitrogens with one attached hydrogen (secondary N) is 1. The van der Waals surface area contributed by atoms with Crippen LogP contribution in [0.2, 0.25) is 0 Å². The van der Waals surface area contributed by atoms with Crippen LogP contribution in [0.3, 0.4) is 0 Å². The zero-order valence-electron chi connectivity index (χ0n) is 11.6. The van der Waals surface area contributed by atoms with Crippen molar-refractivity contribution in [3.8, 4) is 11.8 Å². The first-order valence-corrected chi connectivity index (χ1v) is 6.28. The predicted molar refractivity (Wildman–Crippen MR) is 74.7 cm³/mol. The van der Waals surface area contributed by atoms with E-state index in [2.05, 4.69) is 17.2 Å². The Kier molecular flexibility index (Phi) is 6.71. The minimum atomic E-state index is -0.533. The normalized spacial score (nSPS) is 11.4. The van der Waals surface area contributed by atoms with Gasteiger partial charge in [0.25, 0.3) is 0 Å². The molecule has 0 aliphatic carbocycles. The fourth-order valence-corrected chi connectivity index (χ4v) is 1.50. The van der Waals surface area contributed by atoms with E-state index in [0.29, 0.717) is 18.5 Å². The molecule has 1 aromatic carbocycles. The Labute approximate surface area is 117 Å². The van der Waals surface area contributed by atoms with Crippen LogP contribution >= 0.6 is 0 Å². The Morgan fingerprint density at radius 2 is 2.30 bits per heavy atom. The van der Waals surface area contributed by atoms with Gasteiger partial charge in [0.2, 0.25) is 5.91 Å². The molecule has 1 aromatic rings. The number of hydrogen-bond donors (Lipinski definition) is 2. The second-order valence-electron chi connectivity index (χ2n) is 4.29. The van der Waals surface area contributed by atoms with Gasteiger partial charge >= 0.3 is 0 Å². The number of hydrogen-bond acceptors (Lipinski definition) is 3. The summed E-state index contributed by atoms with van der Waals surface area (Å²) < 4.78 is 18.7. The van der Waals surface area contributed by atoms with Gasteiger partial charge in [0.05, 0.1) is 11.7 Å². The molecule has 4 nitrogen and oxygen atoms in total. The maximum Gasteiger partial charge on any atom is 0.224 e. The number of aliphatic hydroxyl groups excluding tert-OH is 1. The second-order valence-corrected chi connectivity index (χ2v) is 4.29. The van der Waals surface area contributed by atoms with Gasteiger partial charge in [-0.05, 0) is 31.5 Å². The highest BCUT2D eigenvalue weighted by Crippen LogP contribution is 2.14. The SMILES string of the molecule is COC(C)CCC(=O)Nc1ccc(C#CCO)c(F)c1. The van der Waals surface area contributed by atoms with Crippen LogP contribution in [-0.2, 0) is 9.53 Å². The van der Waals surface area contributed by atoms with Crippen molar-refractivity contribution in [2.24, 2.45) is 0 Å². The molecule has 1 amide bonds. The van der Waals surface area contributed by atoms with E-state index < -0.39 is 5.82 Å². The smallest absolute Gasteiger partial charge is 0.224 e. The topological polar surface area (TPSA) is 58.6 Å². The largest absolute Gasteiger partial charge is 0.384 e. The number of amides is 1. The van der Waals surface area contributed by atoms with Crippen LogP contribution in [0, 0.1) is 17.7 Å². The molecular weight excluding hydrogens is 261 g/mol. The monoisotopic (exact) mass is 279 g/mol. The Morgan fingerprint density at radius 1 is 1.55 bits per heavy atom. The number of aliphatic hydroxyl groups is 1. The van der Waals surface area contributed by atoms with Crippen LogP contribution in [0.5, 0.6) is 0 Å². The summed E-state index contributed by atoms with van der Waals surface area (Å²) in [5.74, 6) is 4.13. The highest BCUT2D eigenvalue weighted by atomic mass is 19.1. The van der Waals surface area contributed by atoms with E-state index in [-0.39, 0.29) is 24.2 Å². The molecule has 1 unspecified atom stereocenters. The van der Waals surface area contributed by atoms with E-state index >= 15 is 0 Å². The summed E-state index contributed by atoms with van der Waals surface area (Å²) >= 11 is 0. The molecule has 0 heterocycles. The summed E-state index contributed by atoms with van der Waals surface area (Å²) in [5.41, 5.74) is 0.567. The first-order valence-electron chi connectivity index (χ1n) is 6.28. The Bertz CT molecular complexity index is 520. The van der Waals surface area contributed by atoms with E-state index in [9.17, 15) is 9.18 Å². The number of carbonyl (C=O) groups excluding carboxylic acids is 1. The zero-order chi connectivity index (χ0) is 15.0. The molecule has 0 saturated carbocycles. The van der Waals surface area contributed by atoms with Crippen LogP contribution in [0.1, 0.15) is 25.3 Å². The van der Waals surface area contributed by atoms with Crippen molar-refractivity contribution >= 4 is 11.6 Å². The lowest BCUT2D eigenvalue weighted by Gasteiger charge is -2.09. The lowest BCUT2D eigenvalue weighted by molar-refractivity contribution is -0.116. The van der Waals surface area contributed by atoms with Crippen LogP contribution in [-0.4, -0.2) is 30.8 Å². The Balaban J connectivity index is 2.60. The summed E-state index contributed by atoms with van der Waals surface area (Å²) in [6, 6.07) is 4.24. The van der Waals surface area contributed by atoms with E-state index in [4.69, 9.17) is 9.84 Å². The Hall–Kier alpha value is -1.90. The number of methoxy groups -OCH3 is 1. The van der Waals surface area contributed by atoms with Crippen molar-refractivity contribution in [3.63, 3.8) is 0 Å². The maximum atomic E-state index is 13.6. The third-order valence-corrected chi connectivity index (χ3v) is 2.74. The highest BCUT2D eigenvalue weighted by Gasteiger charge is 2.07. The van der Waals surface area contributed by atoms with Gasteiger partial charge in [0.15, 0.2) is 0 Å². The van der Waals surface area contributed by atoms with Gasteiger partial charge in [-0.25, -0.2) is 4.39 Å². The van der Waals surface area contributed by atoms with Crippen LogP contribution in [0.15, 0.2) is 18.2 Å². The van der Waals surface area contributed by atoms with Crippen molar-refractivity contribution in [2.75, 3.05) is 19.0 Å². The van der Waals surface area contributed by atoms with Gasteiger partial charge in [-0.2, -0.15) is 0 Å². The van der Waals surface area contributed by atoms with Crippen LogP contribution in [0.25, 0.3) is 0 Å². The van der Waals surface area contributed by atoms with Crippen molar-refractivity contribution < 1.29 is 19.0 Å².